The van der Waals surface area contributed by atoms with Crippen molar-refractivity contribution < 1.29 is 4.79 Å². The number of anilines is 3. The van der Waals surface area contributed by atoms with Gasteiger partial charge in [0.15, 0.2) is 0 Å². The molecule has 0 atom stereocenters. The van der Waals surface area contributed by atoms with Crippen LogP contribution in [0.15, 0.2) is 42.5 Å². The number of rotatable bonds is 1. The lowest BCUT2D eigenvalue weighted by atomic mass is 10.1. The number of amides is 1. The Labute approximate surface area is 117 Å². The van der Waals surface area contributed by atoms with Crippen molar-refractivity contribution in [2.24, 2.45) is 0 Å². The van der Waals surface area contributed by atoms with E-state index in [1.54, 1.807) is 12.1 Å². The average molecular weight is 263 g/mol. The van der Waals surface area contributed by atoms with Crippen LogP contribution in [0.1, 0.15) is 11.1 Å². The lowest BCUT2D eigenvalue weighted by Crippen LogP contribution is -2.35. The van der Waals surface area contributed by atoms with Crippen molar-refractivity contribution in [1.82, 2.24) is 0 Å². The van der Waals surface area contributed by atoms with Gasteiger partial charge in [0, 0.05) is 5.69 Å². The molecule has 0 aliphatic carbocycles. The number of hydrogen-bond acceptors (Lipinski definition) is 3. The van der Waals surface area contributed by atoms with E-state index >= 15 is 0 Å². The summed E-state index contributed by atoms with van der Waals surface area (Å²) >= 11 is 0. The van der Waals surface area contributed by atoms with E-state index < -0.39 is 0 Å². The molecule has 0 saturated carbocycles. The SMILES string of the molecule is Cc1cccc(N2CC(=O)Nc3cc(C#N)ccc32)c1. The molecule has 4 heteroatoms. The third-order valence-electron chi connectivity index (χ3n) is 3.31. The zero-order valence-electron chi connectivity index (χ0n) is 11.1. The van der Waals surface area contributed by atoms with E-state index in [0.717, 1.165) is 16.9 Å². The van der Waals surface area contributed by atoms with Gasteiger partial charge in [-0.1, -0.05) is 12.1 Å². The van der Waals surface area contributed by atoms with Gasteiger partial charge in [0.05, 0.1) is 23.0 Å². The first kappa shape index (κ1) is 12.2. The van der Waals surface area contributed by atoms with Crippen molar-refractivity contribution in [3.05, 3.63) is 53.6 Å². The Morgan fingerprint density at radius 2 is 2.10 bits per heavy atom. The summed E-state index contributed by atoms with van der Waals surface area (Å²) < 4.78 is 0. The number of carbonyl (C=O) groups is 1. The maximum atomic E-state index is 11.9. The van der Waals surface area contributed by atoms with Gasteiger partial charge >= 0.3 is 0 Å². The molecule has 1 amide bonds. The Balaban J connectivity index is 2.11. The second-order valence-corrected chi connectivity index (χ2v) is 4.82. The molecule has 0 unspecified atom stereocenters. The molecule has 98 valence electrons. The molecular weight excluding hydrogens is 250 g/mol. The van der Waals surface area contributed by atoms with Crippen molar-refractivity contribution in [3.63, 3.8) is 0 Å². The van der Waals surface area contributed by atoms with Crippen LogP contribution < -0.4 is 10.2 Å². The van der Waals surface area contributed by atoms with Gasteiger partial charge in [-0.2, -0.15) is 5.26 Å². The Bertz CT molecular complexity index is 731. The molecule has 20 heavy (non-hydrogen) atoms. The van der Waals surface area contributed by atoms with Crippen molar-refractivity contribution in [2.45, 2.75) is 6.92 Å². The Kier molecular flexibility index (Phi) is 2.88. The predicted octanol–water partition coefficient (Wildman–Crippen LogP) is 2.96. The molecule has 4 nitrogen and oxygen atoms in total. The second kappa shape index (κ2) is 4.71. The van der Waals surface area contributed by atoms with Gasteiger partial charge in [-0.05, 0) is 42.8 Å². The molecule has 0 bridgehead atoms. The van der Waals surface area contributed by atoms with Crippen LogP contribution in [0.5, 0.6) is 0 Å². The third-order valence-corrected chi connectivity index (χ3v) is 3.31. The van der Waals surface area contributed by atoms with Gasteiger partial charge in [0.1, 0.15) is 6.54 Å². The zero-order valence-corrected chi connectivity index (χ0v) is 11.1. The van der Waals surface area contributed by atoms with E-state index in [1.807, 2.05) is 42.2 Å². The third kappa shape index (κ3) is 2.10. The molecule has 0 spiro atoms. The van der Waals surface area contributed by atoms with Crippen LogP contribution in [-0.2, 0) is 4.79 Å². The second-order valence-electron chi connectivity index (χ2n) is 4.82. The van der Waals surface area contributed by atoms with Crippen molar-refractivity contribution in [2.75, 3.05) is 16.8 Å². The first-order valence-corrected chi connectivity index (χ1v) is 6.35. The van der Waals surface area contributed by atoms with Gasteiger partial charge in [0.25, 0.3) is 0 Å². The molecule has 1 aliphatic rings. The van der Waals surface area contributed by atoms with Crippen molar-refractivity contribution >= 4 is 23.0 Å². The average Bonchev–Trinajstić information content (AvgIpc) is 2.45. The number of carbonyl (C=O) groups excluding carboxylic acids is 1. The minimum atomic E-state index is -0.0749. The summed E-state index contributed by atoms with van der Waals surface area (Å²) in [7, 11) is 0. The van der Waals surface area contributed by atoms with Crippen LogP contribution in [0.2, 0.25) is 0 Å². The van der Waals surface area contributed by atoms with E-state index in [2.05, 4.69) is 11.4 Å². The number of nitriles is 1. The van der Waals surface area contributed by atoms with E-state index in [9.17, 15) is 4.79 Å². The van der Waals surface area contributed by atoms with Gasteiger partial charge in [0.2, 0.25) is 5.91 Å². The highest BCUT2D eigenvalue weighted by atomic mass is 16.2. The largest absolute Gasteiger partial charge is 0.330 e. The predicted molar refractivity (Wildman–Crippen MR) is 78.0 cm³/mol. The molecule has 0 radical (unpaired) electrons. The van der Waals surface area contributed by atoms with Gasteiger partial charge < -0.3 is 10.2 Å². The van der Waals surface area contributed by atoms with E-state index in [-0.39, 0.29) is 12.5 Å². The molecule has 2 aromatic carbocycles. The zero-order chi connectivity index (χ0) is 14.1. The Morgan fingerprint density at radius 3 is 2.85 bits per heavy atom. The van der Waals surface area contributed by atoms with Crippen molar-refractivity contribution in [3.8, 4) is 6.07 Å². The van der Waals surface area contributed by atoms with Gasteiger partial charge in [-0.25, -0.2) is 0 Å². The number of hydrogen-bond donors (Lipinski definition) is 1. The number of benzene rings is 2. The minimum absolute atomic E-state index is 0.0749. The molecule has 0 fully saturated rings. The van der Waals surface area contributed by atoms with E-state index in [4.69, 9.17) is 5.26 Å². The maximum absolute atomic E-state index is 11.9. The summed E-state index contributed by atoms with van der Waals surface area (Å²) in [4.78, 5) is 13.8. The fraction of sp³-hybridized carbons (Fsp3) is 0.125. The number of aryl methyl sites for hydroxylation is 1. The highest BCUT2D eigenvalue weighted by molar-refractivity contribution is 6.03. The maximum Gasteiger partial charge on any atom is 0.244 e. The highest BCUT2D eigenvalue weighted by Gasteiger charge is 2.23. The topological polar surface area (TPSA) is 56.1 Å². The summed E-state index contributed by atoms with van der Waals surface area (Å²) in [5.74, 6) is -0.0749. The molecule has 1 aliphatic heterocycles. The first-order chi connectivity index (χ1) is 9.67. The number of fused-ring (bicyclic) bond motifs is 1. The Morgan fingerprint density at radius 1 is 1.25 bits per heavy atom. The normalized spacial score (nSPS) is 13.4. The lowest BCUT2D eigenvalue weighted by Gasteiger charge is -2.31. The summed E-state index contributed by atoms with van der Waals surface area (Å²) in [5, 5.41) is 11.8. The summed E-state index contributed by atoms with van der Waals surface area (Å²) in [6, 6.07) is 15.4. The lowest BCUT2D eigenvalue weighted by molar-refractivity contribution is -0.115. The van der Waals surface area contributed by atoms with Crippen LogP contribution in [0.4, 0.5) is 17.1 Å². The fourth-order valence-corrected chi connectivity index (χ4v) is 2.39. The number of nitrogens with one attached hydrogen (secondary N) is 1. The molecule has 0 saturated heterocycles. The van der Waals surface area contributed by atoms with Crippen LogP contribution >= 0.6 is 0 Å². The summed E-state index contributed by atoms with van der Waals surface area (Å²) in [6.45, 7) is 2.30. The van der Waals surface area contributed by atoms with Crippen molar-refractivity contribution in [1.29, 1.82) is 5.26 Å². The summed E-state index contributed by atoms with van der Waals surface area (Å²) in [6.07, 6.45) is 0. The molecule has 3 rings (SSSR count). The smallest absolute Gasteiger partial charge is 0.244 e. The molecular formula is C16H13N3O. The molecule has 1 N–H and O–H groups in total. The molecule has 1 heterocycles. The number of nitrogens with zero attached hydrogens (tertiary/aromatic N) is 2. The van der Waals surface area contributed by atoms with Crippen LogP contribution in [0.3, 0.4) is 0 Å². The van der Waals surface area contributed by atoms with E-state index in [1.165, 1.54) is 0 Å². The van der Waals surface area contributed by atoms with Crippen LogP contribution in [0.25, 0.3) is 0 Å². The van der Waals surface area contributed by atoms with E-state index in [0.29, 0.717) is 11.3 Å². The molecule has 0 aromatic heterocycles. The molecule has 2 aromatic rings. The fourth-order valence-electron chi connectivity index (χ4n) is 2.39. The van der Waals surface area contributed by atoms with Crippen LogP contribution in [-0.4, -0.2) is 12.5 Å². The van der Waals surface area contributed by atoms with Gasteiger partial charge in [-0.3, -0.25) is 4.79 Å². The van der Waals surface area contributed by atoms with Gasteiger partial charge in [-0.15, -0.1) is 0 Å². The first-order valence-electron chi connectivity index (χ1n) is 6.35. The van der Waals surface area contributed by atoms with Crippen LogP contribution in [0, 0.1) is 18.3 Å². The standard InChI is InChI=1S/C16H13N3O/c1-11-3-2-4-13(7-11)19-10-16(20)18-14-8-12(9-17)5-6-15(14)19/h2-8H,10H2,1H3,(H,18,20). The monoisotopic (exact) mass is 263 g/mol. The quantitative estimate of drug-likeness (QED) is 0.860. The summed E-state index contributed by atoms with van der Waals surface area (Å²) in [5.41, 5.74) is 4.25. The highest BCUT2D eigenvalue weighted by Crippen LogP contribution is 2.35. The Hall–Kier alpha value is -2.80. The minimum Gasteiger partial charge on any atom is -0.330 e.